The molecular formula is C24H31ClN2O2S. The summed E-state index contributed by atoms with van der Waals surface area (Å²) in [5.74, 6) is 0.708. The smallest absolute Gasteiger partial charge is 0.242 e. The Morgan fingerprint density at radius 2 is 1.73 bits per heavy atom. The molecule has 0 bridgehead atoms. The molecular weight excluding hydrogens is 416 g/mol. The van der Waals surface area contributed by atoms with Gasteiger partial charge in [-0.15, -0.1) is 11.8 Å². The van der Waals surface area contributed by atoms with Gasteiger partial charge in [0.1, 0.15) is 6.04 Å². The summed E-state index contributed by atoms with van der Waals surface area (Å²) in [4.78, 5) is 27.5. The van der Waals surface area contributed by atoms with Crippen LogP contribution < -0.4 is 5.32 Å². The Bertz CT molecular complexity index is 862. The van der Waals surface area contributed by atoms with Gasteiger partial charge in [0.25, 0.3) is 0 Å². The van der Waals surface area contributed by atoms with E-state index in [0.717, 1.165) is 16.7 Å². The summed E-state index contributed by atoms with van der Waals surface area (Å²) >= 11 is 7.72. The molecule has 0 aliphatic rings. The van der Waals surface area contributed by atoms with E-state index in [1.54, 1.807) is 11.8 Å². The van der Waals surface area contributed by atoms with Crippen molar-refractivity contribution < 1.29 is 9.59 Å². The molecule has 0 aromatic heterocycles. The van der Waals surface area contributed by atoms with Gasteiger partial charge in [0.2, 0.25) is 11.8 Å². The van der Waals surface area contributed by atoms with Crippen LogP contribution >= 0.6 is 23.4 Å². The summed E-state index contributed by atoms with van der Waals surface area (Å²) in [6.07, 6.45) is 0. The largest absolute Gasteiger partial charge is 0.350 e. The number of hydrogen-bond donors (Lipinski definition) is 1. The number of nitrogens with one attached hydrogen (secondary N) is 1. The summed E-state index contributed by atoms with van der Waals surface area (Å²) < 4.78 is 0. The van der Waals surface area contributed by atoms with Crippen molar-refractivity contribution >= 4 is 35.2 Å². The molecule has 2 rings (SSSR count). The maximum atomic E-state index is 13.1. The topological polar surface area (TPSA) is 49.4 Å². The molecule has 30 heavy (non-hydrogen) atoms. The molecule has 162 valence electrons. The zero-order chi connectivity index (χ0) is 22.3. The summed E-state index contributed by atoms with van der Waals surface area (Å²) in [6.45, 7) is 10.0. The van der Waals surface area contributed by atoms with E-state index in [9.17, 15) is 9.59 Å². The van der Waals surface area contributed by atoms with Gasteiger partial charge in [-0.3, -0.25) is 9.59 Å². The zero-order valence-corrected chi connectivity index (χ0v) is 19.9. The first-order valence-electron chi connectivity index (χ1n) is 10.0. The molecule has 0 radical (unpaired) electrons. The van der Waals surface area contributed by atoms with E-state index < -0.39 is 6.04 Å². The van der Waals surface area contributed by atoms with E-state index >= 15 is 0 Å². The Kier molecular flexibility index (Phi) is 8.80. The van der Waals surface area contributed by atoms with Crippen molar-refractivity contribution in [3.8, 4) is 0 Å². The van der Waals surface area contributed by atoms with Crippen LogP contribution in [0.25, 0.3) is 0 Å². The van der Waals surface area contributed by atoms with Crippen LogP contribution in [0.3, 0.4) is 0 Å². The van der Waals surface area contributed by atoms with Crippen molar-refractivity contribution in [2.75, 3.05) is 5.75 Å². The van der Waals surface area contributed by atoms with Gasteiger partial charge in [0, 0.05) is 22.9 Å². The molecule has 0 aliphatic carbocycles. The highest BCUT2D eigenvalue weighted by molar-refractivity contribution is 7.99. The molecule has 0 fully saturated rings. The van der Waals surface area contributed by atoms with Crippen LogP contribution in [0.4, 0.5) is 0 Å². The molecule has 0 saturated carbocycles. The number of amides is 2. The second-order valence-electron chi connectivity index (χ2n) is 8.51. The average molecular weight is 447 g/mol. The van der Waals surface area contributed by atoms with E-state index in [0.29, 0.717) is 17.3 Å². The molecule has 2 aromatic carbocycles. The number of rotatable bonds is 8. The summed E-state index contributed by atoms with van der Waals surface area (Å²) in [6, 6.07) is 15.1. The van der Waals surface area contributed by atoms with Crippen molar-refractivity contribution in [2.24, 2.45) is 0 Å². The molecule has 0 spiro atoms. The summed E-state index contributed by atoms with van der Waals surface area (Å²) in [7, 11) is 0. The molecule has 1 atom stereocenters. The fourth-order valence-electron chi connectivity index (χ4n) is 2.89. The minimum Gasteiger partial charge on any atom is -0.350 e. The van der Waals surface area contributed by atoms with E-state index in [-0.39, 0.29) is 23.1 Å². The monoisotopic (exact) mass is 446 g/mol. The molecule has 0 aliphatic heterocycles. The lowest BCUT2D eigenvalue weighted by molar-refractivity contribution is -0.139. The zero-order valence-electron chi connectivity index (χ0n) is 18.4. The lowest BCUT2D eigenvalue weighted by Gasteiger charge is -2.31. The van der Waals surface area contributed by atoms with E-state index in [1.165, 1.54) is 11.8 Å². The molecule has 2 amide bonds. The Morgan fingerprint density at radius 3 is 2.33 bits per heavy atom. The SMILES string of the molecule is Cc1ccc(CN(C(=O)CSCc2ccccc2Cl)[C@H](C)C(=O)NC(C)(C)C)cc1. The van der Waals surface area contributed by atoms with Crippen molar-refractivity contribution in [2.45, 2.75) is 58.5 Å². The standard InChI is InChI=1S/C24H31ClN2O2S/c1-17-10-12-19(13-11-17)14-27(18(2)23(29)26-24(3,4)5)22(28)16-30-15-20-8-6-7-9-21(20)25/h6-13,18H,14-16H2,1-5H3,(H,26,29)/t18-/m1/s1. The lowest BCUT2D eigenvalue weighted by atomic mass is 10.1. The normalized spacial score (nSPS) is 12.3. The first kappa shape index (κ1) is 24.3. The third-order valence-electron chi connectivity index (χ3n) is 4.58. The molecule has 6 heteroatoms. The molecule has 0 saturated heterocycles. The molecule has 0 unspecified atom stereocenters. The van der Waals surface area contributed by atoms with Crippen LogP contribution in [0.5, 0.6) is 0 Å². The Labute approximate surface area is 189 Å². The van der Waals surface area contributed by atoms with Crippen LogP contribution in [0.15, 0.2) is 48.5 Å². The molecule has 4 nitrogen and oxygen atoms in total. The third-order valence-corrected chi connectivity index (χ3v) is 5.91. The highest BCUT2D eigenvalue weighted by Crippen LogP contribution is 2.22. The van der Waals surface area contributed by atoms with Gasteiger partial charge < -0.3 is 10.2 Å². The summed E-state index contributed by atoms with van der Waals surface area (Å²) in [5, 5.41) is 3.68. The van der Waals surface area contributed by atoms with E-state index in [2.05, 4.69) is 5.32 Å². The van der Waals surface area contributed by atoms with Gasteiger partial charge >= 0.3 is 0 Å². The number of halogens is 1. The number of thioether (sulfide) groups is 1. The van der Waals surface area contributed by atoms with E-state index in [1.807, 2.05) is 76.2 Å². The average Bonchev–Trinajstić information content (AvgIpc) is 2.67. The van der Waals surface area contributed by atoms with Crippen molar-refractivity contribution in [1.29, 1.82) is 0 Å². The van der Waals surface area contributed by atoms with Crippen LogP contribution in [0.1, 0.15) is 44.4 Å². The second kappa shape index (κ2) is 10.9. The van der Waals surface area contributed by atoms with Gasteiger partial charge in [-0.1, -0.05) is 59.6 Å². The maximum absolute atomic E-state index is 13.1. The number of carbonyl (C=O) groups excluding carboxylic acids is 2. The third kappa shape index (κ3) is 7.69. The van der Waals surface area contributed by atoms with Crippen molar-refractivity contribution in [3.05, 3.63) is 70.2 Å². The van der Waals surface area contributed by atoms with Gasteiger partial charge in [-0.25, -0.2) is 0 Å². The first-order valence-corrected chi connectivity index (χ1v) is 11.6. The highest BCUT2D eigenvalue weighted by Gasteiger charge is 2.28. The van der Waals surface area contributed by atoms with Crippen molar-refractivity contribution in [3.63, 3.8) is 0 Å². The van der Waals surface area contributed by atoms with Gasteiger partial charge in [0.05, 0.1) is 5.75 Å². The number of aryl methyl sites for hydroxylation is 1. The van der Waals surface area contributed by atoms with Gasteiger partial charge in [-0.2, -0.15) is 0 Å². The number of carbonyl (C=O) groups is 2. The second-order valence-corrected chi connectivity index (χ2v) is 9.90. The first-order chi connectivity index (χ1) is 14.1. The van der Waals surface area contributed by atoms with Crippen LogP contribution in [-0.2, 0) is 21.9 Å². The predicted octanol–water partition coefficient (Wildman–Crippen LogP) is 5.21. The fraction of sp³-hybridized carbons (Fsp3) is 0.417. The quantitative estimate of drug-likeness (QED) is 0.605. The highest BCUT2D eigenvalue weighted by atomic mass is 35.5. The van der Waals surface area contributed by atoms with Crippen LogP contribution in [0.2, 0.25) is 5.02 Å². The molecule has 2 aromatic rings. The van der Waals surface area contributed by atoms with Crippen LogP contribution in [-0.4, -0.2) is 34.0 Å². The van der Waals surface area contributed by atoms with E-state index in [4.69, 9.17) is 11.6 Å². The Balaban J connectivity index is 2.10. The minimum atomic E-state index is -0.570. The number of nitrogens with zero attached hydrogens (tertiary/aromatic N) is 1. The molecule has 1 N–H and O–H groups in total. The Hall–Kier alpha value is -1.98. The predicted molar refractivity (Wildman–Crippen MR) is 127 cm³/mol. The fourth-order valence-corrected chi connectivity index (χ4v) is 4.09. The van der Waals surface area contributed by atoms with Gasteiger partial charge in [0.15, 0.2) is 0 Å². The van der Waals surface area contributed by atoms with Crippen LogP contribution in [0, 0.1) is 6.92 Å². The maximum Gasteiger partial charge on any atom is 0.242 e. The minimum absolute atomic E-state index is 0.0656. The summed E-state index contributed by atoms with van der Waals surface area (Å²) in [5.41, 5.74) is 2.80. The number of benzene rings is 2. The molecule has 0 heterocycles. The number of hydrogen-bond acceptors (Lipinski definition) is 3. The lowest BCUT2D eigenvalue weighted by Crippen LogP contribution is -2.52. The Morgan fingerprint density at radius 1 is 1.10 bits per heavy atom. The van der Waals surface area contributed by atoms with Gasteiger partial charge in [-0.05, 0) is 51.8 Å². The van der Waals surface area contributed by atoms with Crippen molar-refractivity contribution in [1.82, 2.24) is 10.2 Å².